The predicted molar refractivity (Wildman–Crippen MR) is 75.5 cm³/mol. The molecule has 0 aromatic heterocycles. The molecule has 1 atom stereocenters. The molecule has 17 heavy (non-hydrogen) atoms. The van der Waals surface area contributed by atoms with E-state index in [4.69, 9.17) is 0 Å². The normalized spacial score (nSPS) is 13.2. The minimum atomic E-state index is 0.614. The molecule has 0 aliphatic carbocycles. The maximum Gasteiger partial charge on any atom is -0.00191 e. The molecule has 0 heterocycles. The summed E-state index contributed by atoms with van der Waals surface area (Å²) < 4.78 is 0. The molecular weight excluding hydrogens is 206 g/mol. The lowest BCUT2D eigenvalue weighted by Crippen LogP contribution is -2.15. The average molecular weight is 227 g/mol. The lowest BCUT2D eigenvalue weighted by Gasteiger charge is -2.17. The largest absolute Gasteiger partial charge is 0.309 e. The first-order valence-electron chi connectivity index (χ1n) is 6.31. The highest BCUT2D eigenvalue weighted by atomic mass is 15.0. The second-order valence-electron chi connectivity index (χ2n) is 5.06. The van der Waals surface area contributed by atoms with Crippen molar-refractivity contribution in [1.29, 1.82) is 0 Å². The Bertz CT molecular complexity index is 482. The van der Waals surface area contributed by atoms with E-state index in [0.717, 1.165) is 6.54 Å². The number of rotatable bonds is 4. The van der Waals surface area contributed by atoms with Crippen LogP contribution in [-0.4, -0.2) is 25.5 Å². The van der Waals surface area contributed by atoms with Gasteiger partial charge < -0.3 is 4.90 Å². The van der Waals surface area contributed by atoms with Crippen molar-refractivity contribution in [1.82, 2.24) is 4.90 Å². The van der Waals surface area contributed by atoms with Gasteiger partial charge in [-0.25, -0.2) is 0 Å². The van der Waals surface area contributed by atoms with E-state index < -0.39 is 0 Å². The molecule has 2 aromatic rings. The summed E-state index contributed by atoms with van der Waals surface area (Å²) in [6, 6.07) is 15.3. The highest BCUT2D eigenvalue weighted by Crippen LogP contribution is 2.27. The van der Waals surface area contributed by atoms with Gasteiger partial charge in [0.2, 0.25) is 0 Å². The van der Waals surface area contributed by atoms with Gasteiger partial charge in [0.15, 0.2) is 0 Å². The zero-order valence-corrected chi connectivity index (χ0v) is 11.0. The van der Waals surface area contributed by atoms with Gasteiger partial charge in [-0.05, 0) is 49.3 Å². The van der Waals surface area contributed by atoms with Crippen LogP contribution in [0.1, 0.15) is 24.8 Å². The maximum absolute atomic E-state index is 2.32. The molecule has 0 fully saturated rings. The van der Waals surface area contributed by atoms with E-state index in [2.05, 4.69) is 68.4 Å². The van der Waals surface area contributed by atoms with Gasteiger partial charge in [-0.3, -0.25) is 0 Å². The zero-order valence-electron chi connectivity index (χ0n) is 11.0. The number of hydrogen-bond donors (Lipinski definition) is 0. The molecule has 0 saturated heterocycles. The summed E-state index contributed by atoms with van der Waals surface area (Å²) in [6.07, 6.45) is 1.21. The lowest BCUT2D eigenvalue weighted by atomic mass is 9.92. The predicted octanol–water partition coefficient (Wildman–Crippen LogP) is 3.90. The van der Waals surface area contributed by atoms with Crippen LogP contribution < -0.4 is 0 Å². The summed E-state index contributed by atoms with van der Waals surface area (Å²) in [5, 5.41) is 2.75. The van der Waals surface area contributed by atoms with Crippen molar-refractivity contribution in [3.05, 3.63) is 48.0 Å². The van der Waals surface area contributed by atoms with Gasteiger partial charge >= 0.3 is 0 Å². The van der Waals surface area contributed by atoms with Gasteiger partial charge in [-0.2, -0.15) is 0 Å². The second-order valence-corrected chi connectivity index (χ2v) is 5.06. The first-order chi connectivity index (χ1) is 8.18. The molecule has 1 unspecified atom stereocenters. The van der Waals surface area contributed by atoms with E-state index in [9.17, 15) is 0 Å². The molecule has 0 N–H and O–H groups in total. The first kappa shape index (κ1) is 12.1. The maximum atomic E-state index is 2.32. The molecule has 90 valence electrons. The molecule has 0 saturated carbocycles. The molecule has 0 aliphatic heterocycles. The summed E-state index contributed by atoms with van der Waals surface area (Å²) in [6.45, 7) is 3.47. The SMILES string of the molecule is CC(CCN(C)C)c1cccc2ccccc12. The van der Waals surface area contributed by atoms with Gasteiger partial charge in [0.25, 0.3) is 0 Å². The summed E-state index contributed by atoms with van der Waals surface area (Å²) in [5.74, 6) is 0.614. The van der Waals surface area contributed by atoms with Crippen molar-refractivity contribution in [2.75, 3.05) is 20.6 Å². The molecule has 2 aromatic carbocycles. The fourth-order valence-electron chi connectivity index (χ4n) is 2.29. The van der Waals surface area contributed by atoms with Crippen LogP contribution in [0, 0.1) is 0 Å². The number of benzene rings is 2. The molecule has 0 aliphatic rings. The van der Waals surface area contributed by atoms with E-state index in [-0.39, 0.29) is 0 Å². The van der Waals surface area contributed by atoms with Gasteiger partial charge in [0.05, 0.1) is 0 Å². The standard InChI is InChI=1S/C16H21N/c1-13(11-12-17(2)3)15-10-6-8-14-7-4-5-9-16(14)15/h4-10,13H,11-12H2,1-3H3. The second kappa shape index (κ2) is 5.33. The quantitative estimate of drug-likeness (QED) is 0.766. The third-order valence-electron chi connectivity index (χ3n) is 3.36. The Labute approximate surface area is 104 Å². The Kier molecular flexibility index (Phi) is 3.80. The third-order valence-corrected chi connectivity index (χ3v) is 3.36. The van der Waals surface area contributed by atoms with E-state index in [1.54, 1.807) is 0 Å². The topological polar surface area (TPSA) is 3.24 Å². The highest BCUT2D eigenvalue weighted by molar-refractivity contribution is 5.86. The van der Waals surface area contributed by atoms with Crippen LogP contribution in [0.2, 0.25) is 0 Å². The van der Waals surface area contributed by atoms with Crippen LogP contribution in [0.15, 0.2) is 42.5 Å². The summed E-state index contributed by atoms with van der Waals surface area (Å²) >= 11 is 0. The smallest absolute Gasteiger partial charge is 0.00191 e. The van der Waals surface area contributed by atoms with Gasteiger partial charge in [-0.1, -0.05) is 49.4 Å². The number of fused-ring (bicyclic) bond motifs is 1. The number of hydrogen-bond acceptors (Lipinski definition) is 1. The van der Waals surface area contributed by atoms with Crippen LogP contribution in [0.5, 0.6) is 0 Å². The Morgan fingerprint density at radius 2 is 1.71 bits per heavy atom. The Hall–Kier alpha value is -1.34. The molecule has 0 radical (unpaired) electrons. The molecule has 1 heteroatoms. The molecule has 0 bridgehead atoms. The lowest BCUT2D eigenvalue weighted by molar-refractivity contribution is 0.386. The van der Waals surface area contributed by atoms with Crippen LogP contribution in [0.4, 0.5) is 0 Å². The van der Waals surface area contributed by atoms with E-state index in [1.807, 2.05) is 0 Å². The van der Waals surface area contributed by atoms with Crippen LogP contribution in [0.3, 0.4) is 0 Å². The molecule has 0 spiro atoms. The minimum absolute atomic E-state index is 0.614. The average Bonchev–Trinajstić information content (AvgIpc) is 2.35. The van der Waals surface area contributed by atoms with E-state index >= 15 is 0 Å². The molecule has 1 nitrogen and oxygen atoms in total. The Balaban J connectivity index is 2.28. The van der Waals surface area contributed by atoms with Crippen molar-refractivity contribution < 1.29 is 0 Å². The highest BCUT2D eigenvalue weighted by Gasteiger charge is 2.09. The zero-order chi connectivity index (χ0) is 12.3. The van der Waals surface area contributed by atoms with Gasteiger partial charge in [-0.15, -0.1) is 0 Å². The summed E-state index contributed by atoms with van der Waals surface area (Å²) in [4.78, 5) is 2.25. The number of nitrogens with zero attached hydrogens (tertiary/aromatic N) is 1. The van der Waals surface area contributed by atoms with E-state index in [1.165, 1.54) is 22.8 Å². The van der Waals surface area contributed by atoms with Crippen LogP contribution >= 0.6 is 0 Å². The summed E-state index contributed by atoms with van der Waals surface area (Å²) in [5.41, 5.74) is 1.48. The van der Waals surface area contributed by atoms with Crippen molar-refractivity contribution in [2.45, 2.75) is 19.3 Å². The monoisotopic (exact) mass is 227 g/mol. The van der Waals surface area contributed by atoms with Crippen molar-refractivity contribution in [2.24, 2.45) is 0 Å². The Morgan fingerprint density at radius 3 is 2.47 bits per heavy atom. The van der Waals surface area contributed by atoms with Gasteiger partial charge in [0, 0.05) is 0 Å². The van der Waals surface area contributed by atoms with Gasteiger partial charge in [0.1, 0.15) is 0 Å². The molecular formula is C16H21N. The van der Waals surface area contributed by atoms with Crippen LogP contribution in [-0.2, 0) is 0 Å². The van der Waals surface area contributed by atoms with Crippen molar-refractivity contribution in [3.8, 4) is 0 Å². The van der Waals surface area contributed by atoms with Crippen molar-refractivity contribution >= 4 is 10.8 Å². The van der Waals surface area contributed by atoms with Crippen LogP contribution in [0.25, 0.3) is 10.8 Å². The van der Waals surface area contributed by atoms with Crippen molar-refractivity contribution in [3.63, 3.8) is 0 Å². The summed E-state index contributed by atoms with van der Waals surface area (Å²) in [7, 11) is 4.27. The first-order valence-corrected chi connectivity index (χ1v) is 6.31. The van der Waals surface area contributed by atoms with E-state index in [0.29, 0.717) is 5.92 Å². The minimum Gasteiger partial charge on any atom is -0.309 e. The Morgan fingerprint density at radius 1 is 1.00 bits per heavy atom. The fraction of sp³-hybridized carbons (Fsp3) is 0.375. The molecule has 0 amide bonds. The third kappa shape index (κ3) is 2.86. The fourth-order valence-corrected chi connectivity index (χ4v) is 2.29. The molecule has 2 rings (SSSR count).